The maximum Gasteiger partial charge on any atom is 0.303 e. The van der Waals surface area contributed by atoms with Crippen LogP contribution in [0.4, 0.5) is 0 Å². The summed E-state index contributed by atoms with van der Waals surface area (Å²) in [4.78, 5) is 10.4. The molecule has 1 aliphatic rings. The number of hydrogen-bond acceptors (Lipinski definition) is 3. The fraction of sp³-hybridized carbons (Fsp3) is 0.688. The second kappa shape index (κ2) is 10.6. The van der Waals surface area contributed by atoms with Crippen molar-refractivity contribution in [3.63, 3.8) is 0 Å². The van der Waals surface area contributed by atoms with Gasteiger partial charge in [-0.3, -0.25) is 4.79 Å². The zero-order valence-corrected chi connectivity index (χ0v) is 12.3. The Kier molecular flexibility index (Phi) is 9.00. The van der Waals surface area contributed by atoms with E-state index in [2.05, 4.69) is 19.1 Å². The number of aliphatic carboxylic acids is 1. The van der Waals surface area contributed by atoms with Crippen LogP contribution in [0, 0.1) is 5.92 Å². The fourth-order valence-electron chi connectivity index (χ4n) is 2.11. The minimum Gasteiger partial charge on any atom is -0.481 e. The Morgan fingerprint density at radius 1 is 1.25 bits per heavy atom. The van der Waals surface area contributed by atoms with Crippen molar-refractivity contribution >= 4 is 5.97 Å². The van der Waals surface area contributed by atoms with Crippen molar-refractivity contribution in [3.05, 3.63) is 24.3 Å². The molecule has 2 atom stereocenters. The van der Waals surface area contributed by atoms with E-state index in [1.165, 1.54) is 19.3 Å². The number of unbranched alkanes of at least 4 members (excludes halogenated alkanes) is 3. The molecule has 0 saturated carbocycles. The van der Waals surface area contributed by atoms with Crippen molar-refractivity contribution in [1.82, 2.24) is 0 Å². The molecule has 0 bridgehead atoms. The van der Waals surface area contributed by atoms with Crippen molar-refractivity contribution in [2.24, 2.45) is 5.92 Å². The summed E-state index contributed by atoms with van der Waals surface area (Å²) >= 11 is 0. The van der Waals surface area contributed by atoms with E-state index >= 15 is 0 Å². The van der Waals surface area contributed by atoms with Gasteiger partial charge in [-0.05, 0) is 19.3 Å². The first kappa shape index (κ1) is 16.9. The molecule has 1 fully saturated rings. The van der Waals surface area contributed by atoms with Crippen LogP contribution in [-0.4, -0.2) is 30.6 Å². The SMILES string of the molecule is CCCCC/C=C\[C@@H]1COCO[C@H]1/C=C\CCC(=O)O. The van der Waals surface area contributed by atoms with E-state index in [1.54, 1.807) is 0 Å². The second-order valence-electron chi connectivity index (χ2n) is 5.07. The lowest BCUT2D eigenvalue weighted by Crippen LogP contribution is -2.31. The molecule has 0 aromatic carbocycles. The Morgan fingerprint density at radius 2 is 2.05 bits per heavy atom. The van der Waals surface area contributed by atoms with Crippen molar-refractivity contribution < 1.29 is 19.4 Å². The van der Waals surface area contributed by atoms with Crippen molar-refractivity contribution in [1.29, 1.82) is 0 Å². The predicted molar refractivity (Wildman–Crippen MR) is 78.5 cm³/mol. The van der Waals surface area contributed by atoms with Gasteiger partial charge in [0.25, 0.3) is 0 Å². The lowest BCUT2D eigenvalue weighted by molar-refractivity contribution is -0.143. The van der Waals surface area contributed by atoms with Crippen LogP contribution in [-0.2, 0) is 14.3 Å². The number of carboxylic acids is 1. The van der Waals surface area contributed by atoms with Crippen LogP contribution >= 0.6 is 0 Å². The molecule has 4 nitrogen and oxygen atoms in total. The van der Waals surface area contributed by atoms with Gasteiger partial charge < -0.3 is 14.6 Å². The van der Waals surface area contributed by atoms with Gasteiger partial charge >= 0.3 is 5.97 Å². The third-order valence-corrected chi connectivity index (χ3v) is 3.28. The molecule has 0 aliphatic carbocycles. The van der Waals surface area contributed by atoms with Gasteiger partial charge in [-0.2, -0.15) is 0 Å². The van der Waals surface area contributed by atoms with Gasteiger partial charge in [0.15, 0.2) is 0 Å². The Morgan fingerprint density at radius 3 is 2.80 bits per heavy atom. The van der Waals surface area contributed by atoms with Gasteiger partial charge in [-0.1, -0.05) is 44.1 Å². The first-order valence-electron chi connectivity index (χ1n) is 7.48. The number of carboxylic acid groups (broad SMARTS) is 1. The van der Waals surface area contributed by atoms with E-state index in [0.29, 0.717) is 19.8 Å². The fourth-order valence-corrected chi connectivity index (χ4v) is 2.11. The highest BCUT2D eigenvalue weighted by molar-refractivity contribution is 5.66. The summed E-state index contributed by atoms with van der Waals surface area (Å²) in [5.41, 5.74) is 0. The van der Waals surface area contributed by atoms with E-state index in [0.717, 1.165) is 6.42 Å². The van der Waals surface area contributed by atoms with Crippen LogP contribution in [0.15, 0.2) is 24.3 Å². The van der Waals surface area contributed by atoms with Crippen molar-refractivity contribution in [2.75, 3.05) is 13.4 Å². The third kappa shape index (κ3) is 7.46. The Labute approximate surface area is 121 Å². The minimum absolute atomic E-state index is 0.0000277. The Balaban J connectivity index is 2.35. The maximum absolute atomic E-state index is 10.4. The molecule has 4 heteroatoms. The molecule has 0 aromatic rings. The van der Waals surface area contributed by atoms with Gasteiger partial charge in [0.1, 0.15) is 6.79 Å². The molecule has 1 heterocycles. The quantitative estimate of drug-likeness (QED) is 0.519. The molecule has 0 amide bonds. The Bertz CT molecular complexity index is 322. The smallest absolute Gasteiger partial charge is 0.303 e. The zero-order chi connectivity index (χ0) is 14.6. The average Bonchev–Trinajstić information content (AvgIpc) is 2.44. The van der Waals surface area contributed by atoms with Crippen LogP contribution in [0.25, 0.3) is 0 Å². The van der Waals surface area contributed by atoms with Crippen molar-refractivity contribution in [3.8, 4) is 0 Å². The largest absolute Gasteiger partial charge is 0.481 e. The van der Waals surface area contributed by atoms with E-state index < -0.39 is 5.97 Å². The number of carbonyl (C=O) groups is 1. The molecule has 0 aromatic heterocycles. The van der Waals surface area contributed by atoms with Crippen LogP contribution in [0.2, 0.25) is 0 Å². The molecule has 114 valence electrons. The number of rotatable bonds is 9. The first-order valence-corrected chi connectivity index (χ1v) is 7.48. The molecular formula is C16H26O4. The summed E-state index contributed by atoms with van der Waals surface area (Å²) in [6, 6.07) is 0. The van der Waals surface area contributed by atoms with E-state index in [-0.39, 0.29) is 18.4 Å². The molecule has 20 heavy (non-hydrogen) atoms. The lowest BCUT2D eigenvalue weighted by atomic mass is 10.00. The summed E-state index contributed by atoms with van der Waals surface area (Å²) < 4.78 is 10.9. The molecule has 1 N–H and O–H groups in total. The Hall–Kier alpha value is -1.13. The average molecular weight is 282 g/mol. The summed E-state index contributed by atoms with van der Waals surface area (Å²) in [5, 5.41) is 8.59. The molecular weight excluding hydrogens is 256 g/mol. The normalized spacial score (nSPS) is 23.6. The van der Waals surface area contributed by atoms with Gasteiger partial charge in [-0.25, -0.2) is 0 Å². The van der Waals surface area contributed by atoms with Crippen molar-refractivity contribution in [2.45, 2.75) is 51.6 Å². The number of allylic oxidation sites excluding steroid dienone is 2. The summed E-state index contributed by atoms with van der Waals surface area (Å²) in [6.45, 7) is 3.18. The lowest BCUT2D eigenvalue weighted by Gasteiger charge is -2.27. The minimum atomic E-state index is -0.769. The van der Waals surface area contributed by atoms with Crippen LogP contribution < -0.4 is 0 Å². The van der Waals surface area contributed by atoms with Gasteiger partial charge in [-0.15, -0.1) is 0 Å². The first-order chi connectivity index (χ1) is 9.74. The highest BCUT2D eigenvalue weighted by Gasteiger charge is 2.21. The predicted octanol–water partition coefficient (Wildman–Crippen LogP) is 3.53. The molecule has 0 unspecified atom stereocenters. The molecule has 1 aliphatic heterocycles. The molecule has 0 radical (unpaired) electrons. The third-order valence-electron chi connectivity index (χ3n) is 3.28. The molecule has 1 saturated heterocycles. The van der Waals surface area contributed by atoms with Gasteiger partial charge in [0, 0.05) is 12.3 Å². The maximum atomic E-state index is 10.4. The van der Waals surface area contributed by atoms with Gasteiger partial charge in [0.05, 0.1) is 12.7 Å². The van der Waals surface area contributed by atoms with E-state index in [4.69, 9.17) is 14.6 Å². The topological polar surface area (TPSA) is 55.8 Å². The van der Waals surface area contributed by atoms with Crippen LogP contribution in [0.5, 0.6) is 0 Å². The standard InChI is InChI=1S/C16H26O4/c1-2-3-4-5-6-9-14-12-19-13-20-15(14)10-7-8-11-16(17)18/h6-7,9-10,14-15H,2-5,8,11-13H2,1H3,(H,17,18)/b9-6-,10-7-/t14-,15+/m1/s1. The number of hydrogen-bond donors (Lipinski definition) is 1. The highest BCUT2D eigenvalue weighted by atomic mass is 16.7. The summed E-state index contributed by atoms with van der Waals surface area (Å²) in [7, 11) is 0. The van der Waals surface area contributed by atoms with E-state index in [1.807, 2.05) is 12.2 Å². The zero-order valence-electron chi connectivity index (χ0n) is 12.3. The summed E-state index contributed by atoms with van der Waals surface area (Å²) in [5.74, 6) is -0.540. The van der Waals surface area contributed by atoms with Crippen LogP contribution in [0.3, 0.4) is 0 Å². The van der Waals surface area contributed by atoms with Gasteiger partial charge in [0.2, 0.25) is 0 Å². The summed E-state index contributed by atoms with van der Waals surface area (Å²) in [6.07, 6.45) is 13.8. The van der Waals surface area contributed by atoms with E-state index in [9.17, 15) is 4.79 Å². The highest BCUT2D eigenvalue weighted by Crippen LogP contribution is 2.18. The second-order valence-corrected chi connectivity index (χ2v) is 5.07. The molecule has 1 rings (SSSR count). The van der Waals surface area contributed by atoms with Crippen LogP contribution in [0.1, 0.15) is 45.4 Å². The number of ether oxygens (including phenoxy) is 2. The molecule has 0 spiro atoms. The monoisotopic (exact) mass is 282 g/mol.